The van der Waals surface area contributed by atoms with Gasteiger partial charge >= 0.3 is 0 Å². The number of fused-ring (bicyclic) bond motifs is 1. The molecule has 0 aliphatic carbocycles. The first-order chi connectivity index (χ1) is 15.0. The van der Waals surface area contributed by atoms with E-state index in [9.17, 15) is 4.79 Å². The molecular formula is C26H36N4O. The van der Waals surface area contributed by atoms with Gasteiger partial charge in [0.25, 0.3) is 0 Å². The number of nitrogens with zero attached hydrogens (tertiary/aromatic N) is 2. The van der Waals surface area contributed by atoms with Crippen LogP contribution >= 0.6 is 0 Å². The van der Waals surface area contributed by atoms with E-state index in [-0.39, 0.29) is 11.8 Å². The van der Waals surface area contributed by atoms with Crippen LogP contribution in [0.5, 0.6) is 0 Å². The zero-order valence-corrected chi connectivity index (χ0v) is 19.1. The van der Waals surface area contributed by atoms with Crippen molar-refractivity contribution in [3.05, 3.63) is 53.2 Å². The van der Waals surface area contributed by atoms with Gasteiger partial charge in [-0.1, -0.05) is 44.4 Å². The maximum absolute atomic E-state index is 12.9. The first kappa shape index (κ1) is 21.8. The predicted octanol–water partition coefficient (Wildman–Crippen LogP) is 5.44. The summed E-state index contributed by atoms with van der Waals surface area (Å²) in [5, 5.41) is 3.17. The predicted molar refractivity (Wildman–Crippen MR) is 127 cm³/mol. The second-order valence-electron chi connectivity index (χ2n) is 9.34. The Hall–Kier alpha value is -2.40. The zero-order chi connectivity index (χ0) is 22.0. The Kier molecular flexibility index (Phi) is 6.61. The third-order valence-electron chi connectivity index (χ3n) is 7.16. The van der Waals surface area contributed by atoms with Gasteiger partial charge in [-0.2, -0.15) is 0 Å². The van der Waals surface area contributed by atoms with Gasteiger partial charge in [0.1, 0.15) is 5.82 Å². The van der Waals surface area contributed by atoms with Gasteiger partial charge in [0.15, 0.2) is 0 Å². The lowest BCUT2D eigenvalue weighted by Crippen LogP contribution is -2.46. The van der Waals surface area contributed by atoms with Crippen LogP contribution in [0.4, 0.5) is 11.5 Å². The number of rotatable bonds is 6. The molecule has 2 aromatic rings. The van der Waals surface area contributed by atoms with Crippen LogP contribution in [0.3, 0.4) is 0 Å². The summed E-state index contributed by atoms with van der Waals surface area (Å²) < 4.78 is 0. The summed E-state index contributed by atoms with van der Waals surface area (Å²) in [6.45, 7) is 7.03. The molecule has 5 heteroatoms. The number of anilines is 2. The summed E-state index contributed by atoms with van der Waals surface area (Å²) >= 11 is 0. The van der Waals surface area contributed by atoms with E-state index in [1.165, 1.54) is 43.2 Å². The molecule has 1 fully saturated rings. The molecule has 166 valence electrons. The minimum absolute atomic E-state index is 0.00701. The average molecular weight is 421 g/mol. The van der Waals surface area contributed by atoms with Crippen LogP contribution in [-0.2, 0) is 11.2 Å². The molecule has 1 amide bonds. The molecule has 1 aromatic heterocycles. The van der Waals surface area contributed by atoms with Crippen LogP contribution in [-0.4, -0.2) is 27.9 Å². The molecule has 1 saturated heterocycles. The van der Waals surface area contributed by atoms with E-state index in [0.29, 0.717) is 30.4 Å². The van der Waals surface area contributed by atoms with Crippen LogP contribution in [0, 0.1) is 0 Å². The number of amides is 1. The number of carbonyl (C=O) groups is 1. The van der Waals surface area contributed by atoms with E-state index >= 15 is 0 Å². The number of aromatic nitrogens is 1. The molecule has 0 bridgehead atoms. The highest BCUT2D eigenvalue weighted by molar-refractivity contribution is 5.99. The molecule has 4 rings (SSSR count). The van der Waals surface area contributed by atoms with E-state index in [2.05, 4.69) is 48.1 Å². The van der Waals surface area contributed by atoms with E-state index in [1.807, 2.05) is 18.2 Å². The Bertz CT molecular complexity index is 917. The Morgan fingerprint density at radius 2 is 1.90 bits per heavy atom. The lowest BCUT2D eigenvalue weighted by Gasteiger charge is -2.45. The molecule has 3 heterocycles. The number of piperidine rings is 1. The van der Waals surface area contributed by atoms with Crippen molar-refractivity contribution in [2.45, 2.75) is 89.8 Å². The van der Waals surface area contributed by atoms with E-state index in [1.54, 1.807) is 6.07 Å². The van der Waals surface area contributed by atoms with Gasteiger partial charge in [0, 0.05) is 23.8 Å². The zero-order valence-electron chi connectivity index (χ0n) is 19.1. The Morgan fingerprint density at radius 3 is 2.61 bits per heavy atom. The maximum Gasteiger partial charge on any atom is 0.233 e. The number of nitrogen functional groups attached to an aromatic ring is 1. The third kappa shape index (κ3) is 4.47. The second-order valence-corrected chi connectivity index (χ2v) is 9.34. The van der Waals surface area contributed by atoms with Crippen LogP contribution < -0.4 is 11.1 Å². The SMILES string of the molecule is CCCCC(c1cccc2c1CC(c1cccc(N)n1)C(=O)N2)N1C(C)CCCC1C. The largest absolute Gasteiger partial charge is 0.384 e. The van der Waals surface area contributed by atoms with E-state index in [4.69, 9.17) is 5.73 Å². The summed E-state index contributed by atoms with van der Waals surface area (Å²) in [5.74, 6) is 0.161. The average Bonchev–Trinajstić information content (AvgIpc) is 2.75. The molecule has 4 atom stereocenters. The molecule has 0 spiro atoms. The first-order valence-corrected chi connectivity index (χ1v) is 11.9. The Balaban J connectivity index is 1.73. The van der Waals surface area contributed by atoms with Crippen LogP contribution in [0.15, 0.2) is 36.4 Å². The van der Waals surface area contributed by atoms with Crippen molar-refractivity contribution in [3.63, 3.8) is 0 Å². The summed E-state index contributed by atoms with van der Waals surface area (Å²) in [5.41, 5.74) is 10.3. The summed E-state index contributed by atoms with van der Waals surface area (Å²) in [6, 6.07) is 13.5. The van der Waals surface area contributed by atoms with Crippen molar-refractivity contribution in [1.82, 2.24) is 9.88 Å². The number of hydrogen-bond acceptors (Lipinski definition) is 4. The minimum atomic E-state index is -0.305. The molecule has 0 radical (unpaired) electrons. The number of likely N-dealkylation sites (tertiary alicyclic amines) is 1. The highest BCUT2D eigenvalue weighted by atomic mass is 16.2. The van der Waals surface area contributed by atoms with Gasteiger partial charge in [-0.15, -0.1) is 0 Å². The smallest absolute Gasteiger partial charge is 0.233 e. The lowest BCUT2D eigenvalue weighted by atomic mass is 9.82. The maximum atomic E-state index is 12.9. The van der Waals surface area contributed by atoms with Crippen molar-refractivity contribution in [2.75, 3.05) is 11.1 Å². The fourth-order valence-corrected chi connectivity index (χ4v) is 5.60. The van der Waals surface area contributed by atoms with Crippen LogP contribution in [0.2, 0.25) is 0 Å². The normalized spacial score (nSPS) is 25.0. The Morgan fingerprint density at radius 1 is 1.16 bits per heavy atom. The Labute approximate surface area is 186 Å². The van der Waals surface area contributed by atoms with Crippen LogP contribution in [0.1, 0.15) is 88.1 Å². The molecule has 4 unspecified atom stereocenters. The van der Waals surface area contributed by atoms with Crippen molar-refractivity contribution in [1.29, 1.82) is 0 Å². The molecular weight excluding hydrogens is 384 g/mol. The summed E-state index contributed by atoms with van der Waals surface area (Å²) in [7, 11) is 0. The molecule has 2 aliphatic heterocycles. The third-order valence-corrected chi connectivity index (χ3v) is 7.16. The van der Waals surface area contributed by atoms with Gasteiger partial charge in [0.05, 0.1) is 11.6 Å². The second kappa shape index (κ2) is 9.39. The highest BCUT2D eigenvalue weighted by Crippen LogP contribution is 2.41. The van der Waals surface area contributed by atoms with Gasteiger partial charge < -0.3 is 11.1 Å². The molecule has 2 aliphatic rings. The first-order valence-electron chi connectivity index (χ1n) is 11.9. The van der Waals surface area contributed by atoms with Crippen molar-refractivity contribution >= 4 is 17.4 Å². The van der Waals surface area contributed by atoms with Gasteiger partial charge in [-0.3, -0.25) is 9.69 Å². The van der Waals surface area contributed by atoms with Gasteiger partial charge in [-0.05, 0) is 68.9 Å². The number of hydrogen-bond donors (Lipinski definition) is 2. The molecule has 0 saturated carbocycles. The number of unbranched alkanes of at least 4 members (excludes halogenated alkanes) is 1. The summed E-state index contributed by atoms with van der Waals surface area (Å²) in [4.78, 5) is 20.1. The lowest BCUT2D eigenvalue weighted by molar-refractivity contribution is -0.117. The molecule has 1 aromatic carbocycles. The highest BCUT2D eigenvalue weighted by Gasteiger charge is 2.36. The van der Waals surface area contributed by atoms with Crippen molar-refractivity contribution in [3.8, 4) is 0 Å². The summed E-state index contributed by atoms with van der Waals surface area (Å²) in [6.07, 6.45) is 8.05. The minimum Gasteiger partial charge on any atom is -0.384 e. The number of nitrogens with two attached hydrogens (primary N) is 1. The van der Waals surface area contributed by atoms with E-state index < -0.39 is 0 Å². The fourth-order valence-electron chi connectivity index (χ4n) is 5.60. The fraction of sp³-hybridized carbons (Fsp3) is 0.538. The number of nitrogens with one attached hydrogen (secondary N) is 1. The van der Waals surface area contributed by atoms with Gasteiger partial charge in [-0.25, -0.2) is 4.98 Å². The van der Waals surface area contributed by atoms with Crippen LogP contribution in [0.25, 0.3) is 0 Å². The van der Waals surface area contributed by atoms with Crippen molar-refractivity contribution in [2.24, 2.45) is 0 Å². The standard InChI is InChI=1S/C26H36N4O/c1-4-5-14-24(30-17(2)9-6-10-18(30)3)19-11-7-12-22-20(19)16-21(26(31)29-22)23-13-8-15-25(27)28-23/h7-8,11-13,15,17-18,21,24H,4-6,9-10,14,16H2,1-3H3,(H2,27,28)(H,29,31). The molecule has 5 nitrogen and oxygen atoms in total. The monoisotopic (exact) mass is 420 g/mol. The number of pyridine rings is 1. The topological polar surface area (TPSA) is 71.2 Å². The van der Waals surface area contributed by atoms with E-state index in [0.717, 1.165) is 17.8 Å². The van der Waals surface area contributed by atoms with Gasteiger partial charge in [0.2, 0.25) is 5.91 Å². The molecule has 31 heavy (non-hydrogen) atoms. The number of carbonyl (C=O) groups excluding carboxylic acids is 1. The molecule has 3 N–H and O–H groups in total. The number of benzene rings is 1. The van der Waals surface area contributed by atoms with Crippen molar-refractivity contribution < 1.29 is 4.79 Å². The quantitative estimate of drug-likeness (QED) is 0.653.